The van der Waals surface area contributed by atoms with Gasteiger partial charge < -0.3 is 5.11 Å². The Kier molecular flexibility index (Phi) is 4.97. The van der Waals surface area contributed by atoms with Gasteiger partial charge in [-0.05, 0) is 24.5 Å². The Labute approximate surface area is 165 Å². The van der Waals surface area contributed by atoms with Crippen molar-refractivity contribution in [2.24, 2.45) is 0 Å². The summed E-state index contributed by atoms with van der Waals surface area (Å²) in [7, 11) is 0. The monoisotopic (exact) mass is 424 g/mol. The van der Waals surface area contributed by atoms with Crippen LogP contribution in [0.25, 0.3) is 10.1 Å². The largest absolute Gasteiger partial charge is 0.382 e. The number of benzene rings is 1. The number of fused-ring (bicyclic) bond motifs is 1. The van der Waals surface area contributed by atoms with E-state index in [2.05, 4.69) is 14.7 Å². The van der Waals surface area contributed by atoms with Crippen LogP contribution in [-0.2, 0) is 12.1 Å². The third-order valence-electron chi connectivity index (χ3n) is 4.32. The van der Waals surface area contributed by atoms with Crippen LogP contribution in [0.1, 0.15) is 12.5 Å². The summed E-state index contributed by atoms with van der Waals surface area (Å²) in [6, 6.07) is 3.20. The van der Waals surface area contributed by atoms with Crippen molar-refractivity contribution in [2.45, 2.75) is 29.3 Å². The number of thiophene rings is 1. The topological polar surface area (TPSA) is 63.8 Å². The molecule has 3 aromatic heterocycles. The first kappa shape index (κ1) is 18.5. The van der Waals surface area contributed by atoms with Crippen LogP contribution in [0.2, 0.25) is 0 Å². The van der Waals surface area contributed by atoms with Gasteiger partial charge in [0.05, 0.1) is 17.4 Å². The first-order chi connectivity index (χ1) is 13.0. The van der Waals surface area contributed by atoms with E-state index in [9.17, 15) is 13.9 Å². The van der Waals surface area contributed by atoms with Gasteiger partial charge in [0.25, 0.3) is 0 Å². The fourth-order valence-electron chi connectivity index (χ4n) is 2.84. The Bertz CT molecular complexity index is 1070. The second-order valence-corrected chi connectivity index (χ2v) is 8.92. The van der Waals surface area contributed by atoms with Crippen LogP contribution in [0.3, 0.4) is 0 Å². The molecule has 1 aromatic carbocycles. The second-order valence-electron chi connectivity index (χ2n) is 6.05. The lowest BCUT2D eigenvalue weighted by molar-refractivity contribution is 0.0129. The first-order valence-electron chi connectivity index (χ1n) is 7.97. The average Bonchev–Trinajstić information content (AvgIpc) is 3.34. The molecule has 3 heterocycles. The molecule has 0 saturated heterocycles. The zero-order chi connectivity index (χ0) is 19.0. The van der Waals surface area contributed by atoms with Gasteiger partial charge in [-0.2, -0.15) is 15.7 Å². The summed E-state index contributed by atoms with van der Waals surface area (Å²) < 4.78 is 34.9. The second kappa shape index (κ2) is 7.27. The van der Waals surface area contributed by atoms with E-state index < -0.39 is 22.5 Å². The molecule has 2 atom stereocenters. The minimum Gasteiger partial charge on any atom is -0.382 e. The zero-order valence-electron chi connectivity index (χ0n) is 14.0. The SMILES string of the molecule is C[C@@H](Sc1nsc2cscc12)[C@](O)(Cn1ccnn1)c1ccc(F)cc1F. The Morgan fingerprint density at radius 3 is 2.93 bits per heavy atom. The predicted molar refractivity (Wildman–Crippen MR) is 103 cm³/mol. The van der Waals surface area contributed by atoms with Gasteiger partial charge in [0.1, 0.15) is 22.3 Å². The molecule has 5 nitrogen and oxygen atoms in total. The minimum absolute atomic E-state index is 0.0104. The number of halogens is 2. The van der Waals surface area contributed by atoms with Crippen molar-refractivity contribution in [3.05, 3.63) is 58.6 Å². The molecule has 0 aliphatic rings. The van der Waals surface area contributed by atoms with E-state index in [4.69, 9.17) is 0 Å². The van der Waals surface area contributed by atoms with E-state index in [1.165, 1.54) is 40.2 Å². The van der Waals surface area contributed by atoms with Gasteiger partial charge in [-0.3, -0.25) is 0 Å². The van der Waals surface area contributed by atoms with Crippen LogP contribution in [0.15, 0.2) is 46.4 Å². The maximum absolute atomic E-state index is 14.6. The third kappa shape index (κ3) is 3.49. The molecule has 1 N–H and O–H groups in total. The van der Waals surface area contributed by atoms with Gasteiger partial charge in [0, 0.05) is 39.2 Å². The number of aromatic nitrogens is 4. The summed E-state index contributed by atoms with van der Waals surface area (Å²) in [5.41, 5.74) is -1.64. The first-order valence-corrected chi connectivity index (χ1v) is 10.6. The lowest BCUT2D eigenvalue weighted by atomic mass is 9.90. The van der Waals surface area contributed by atoms with Crippen LogP contribution in [0.4, 0.5) is 8.78 Å². The Morgan fingerprint density at radius 2 is 2.19 bits per heavy atom. The third-order valence-corrected chi connectivity index (χ3v) is 7.41. The Balaban J connectivity index is 1.73. The quantitative estimate of drug-likeness (QED) is 0.468. The summed E-state index contributed by atoms with van der Waals surface area (Å²) in [4.78, 5) is 0. The van der Waals surface area contributed by atoms with Gasteiger partial charge >= 0.3 is 0 Å². The fourth-order valence-corrected chi connectivity index (χ4v) is 5.93. The lowest BCUT2D eigenvalue weighted by Crippen LogP contribution is -2.41. The highest BCUT2D eigenvalue weighted by atomic mass is 32.2. The van der Waals surface area contributed by atoms with E-state index >= 15 is 0 Å². The Hall–Kier alpha value is -1.88. The standard InChI is InChI=1S/C17H14F2N4OS3/c1-10(26-16-12-7-25-8-15(12)27-21-16)17(24,9-23-5-4-20-22-23)13-3-2-11(18)6-14(13)19/h2-8,10,24H,9H2,1H3/t10-,17-/m1/s1. The van der Waals surface area contributed by atoms with Crippen molar-refractivity contribution in [3.8, 4) is 0 Å². The molecule has 0 unspecified atom stereocenters. The van der Waals surface area contributed by atoms with E-state index in [-0.39, 0.29) is 12.1 Å². The Morgan fingerprint density at radius 1 is 1.33 bits per heavy atom. The summed E-state index contributed by atoms with van der Waals surface area (Å²) in [5.74, 6) is -1.50. The predicted octanol–water partition coefficient (Wildman–Crippen LogP) is 4.30. The number of nitrogens with zero attached hydrogens (tertiary/aromatic N) is 4. The van der Waals surface area contributed by atoms with Crippen molar-refractivity contribution in [3.63, 3.8) is 0 Å². The molecule has 4 aromatic rings. The number of rotatable bonds is 6. The molecule has 10 heteroatoms. The van der Waals surface area contributed by atoms with Crippen molar-refractivity contribution in [1.29, 1.82) is 0 Å². The molecule has 140 valence electrons. The van der Waals surface area contributed by atoms with Crippen LogP contribution < -0.4 is 0 Å². The zero-order valence-corrected chi connectivity index (χ0v) is 16.5. The molecular weight excluding hydrogens is 410 g/mol. The van der Waals surface area contributed by atoms with Gasteiger partial charge in [0.2, 0.25) is 0 Å². The molecule has 0 saturated carbocycles. The summed E-state index contributed by atoms with van der Waals surface area (Å²) in [6.07, 6.45) is 3.07. The van der Waals surface area contributed by atoms with E-state index in [0.717, 1.165) is 27.2 Å². The van der Waals surface area contributed by atoms with Gasteiger partial charge in [0.15, 0.2) is 0 Å². The van der Waals surface area contributed by atoms with Crippen molar-refractivity contribution < 1.29 is 13.9 Å². The van der Waals surface area contributed by atoms with Crippen LogP contribution in [0, 0.1) is 11.6 Å². The van der Waals surface area contributed by atoms with Crippen LogP contribution >= 0.6 is 34.6 Å². The average molecular weight is 425 g/mol. The van der Waals surface area contributed by atoms with Crippen molar-refractivity contribution in [2.75, 3.05) is 0 Å². The number of hydrogen-bond acceptors (Lipinski definition) is 7. The molecule has 0 radical (unpaired) electrons. The molecule has 0 amide bonds. The van der Waals surface area contributed by atoms with Crippen LogP contribution in [-0.4, -0.2) is 29.7 Å². The maximum Gasteiger partial charge on any atom is 0.132 e. The highest BCUT2D eigenvalue weighted by molar-refractivity contribution is 8.00. The van der Waals surface area contributed by atoms with Crippen LogP contribution in [0.5, 0.6) is 0 Å². The molecule has 0 aliphatic carbocycles. The molecule has 27 heavy (non-hydrogen) atoms. The summed E-state index contributed by atoms with van der Waals surface area (Å²) >= 11 is 4.32. The molecular formula is C17H14F2N4OS3. The number of thioether (sulfide) groups is 1. The number of aliphatic hydroxyl groups is 1. The number of hydrogen-bond donors (Lipinski definition) is 1. The van der Waals surface area contributed by atoms with Crippen molar-refractivity contribution >= 4 is 44.7 Å². The minimum atomic E-state index is -1.65. The summed E-state index contributed by atoms with van der Waals surface area (Å²) in [6.45, 7) is 1.77. The normalized spacial score (nSPS) is 15.1. The highest BCUT2D eigenvalue weighted by Crippen LogP contribution is 2.42. The van der Waals surface area contributed by atoms with E-state index in [0.29, 0.717) is 0 Å². The smallest absolute Gasteiger partial charge is 0.132 e. The summed E-state index contributed by atoms with van der Waals surface area (Å²) in [5, 5.41) is 24.5. The molecule has 4 rings (SSSR count). The maximum atomic E-state index is 14.6. The molecule has 0 fully saturated rings. The fraction of sp³-hybridized carbons (Fsp3) is 0.235. The van der Waals surface area contributed by atoms with E-state index in [1.807, 2.05) is 10.8 Å². The molecule has 0 spiro atoms. The van der Waals surface area contributed by atoms with Crippen molar-refractivity contribution in [1.82, 2.24) is 19.4 Å². The molecule has 0 bridgehead atoms. The van der Waals surface area contributed by atoms with E-state index in [1.54, 1.807) is 24.5 Å². The highest BCUT2D eigenvalue weighted by Gasteiger charge is 2.40. The van der Waals surface area contributed by atoms with Gasteiger partial charge in [-0.1, -0.05) is 23.0 Å². The van der Waals surface area contributed by atoms with Gasteiger partial charge in [-0.15, -0.1) is 5.10 Å². The lowest BCUT2D eigenvalue weighted by Gasteiger charge is -2.34. The molecule has 0 aliphatic heterocycles. The van der Waals surface area contributed by atoms with Gasteiger partial charge in [-0.25, -0.2) is 13.5 Å².